The second-order valence-electron chi connectivity index (χ2n) is 1.67. The van der Waals surface area contributed by atoms with Crippen molar-refractivity contribution in [3.8, 4) is 0 Å². The SMILES string of the molecule is CC=C(CCl)C(=O)OCC. The van der Waals surface area contributed by atoms with Crippen molar-refractivity contribution in [1.29, 1.82) is 0 Å². The fraction of sp³-hybridized carbons (Fsp3) is 0.571. The minimum Gasteiger partial charge on any atom is -0.463 e. The normalized spacial score (nSPS) is 11.3. The van der Waals surface area contributed by atoms with E-state index in [1.165, 1.54) is 0 Å². The maximum atomic E-state index is 10.8. The Morgan fingerprint density at radius 1 is 1.70 bits per heavy atom. The van der Waals surface area contributed by atoms with Crippen LogP contribution in [0.25, 0.3) is 0 Å². The van der Waals surface area contributed by atoms with Crippen LogP contribution in [0.3, 0.4) is 0 Å². The van der Waals surface area contributed by atoms with E-state index in [0.717, 1.165) is 0 Å². The Labute approximate surface area is 65.8 Å². The molecule has 0 heterocycles. The topological polar surface area (TPSA) is 26.3 Å². The zero-order chi connectivity index (χ0) is 7.98. The van der Waals surface area contributed by atoms with Gasteiger partial charge in [0, 0.05) is 5.57 Å². The van der Waals surface area contributed by atoms with Gasteiger partial charge in [-0.1, -0.05) is 6.08 Å². The van der Waals surface area contributed by atoms with E-state index in [1.807, 2.05) is 0 Å². The summed E-state index contributed by atoms with van der Waals surface area (Å²) in [5.41, 5.74) is 0.517. The van der Waals surface area contributed by atoms with Crippen molar-refractivity contribution < 1.29 is 9.53 Å². The number of rotatable bonds is 3. The van der Waals surface area contributed by atoms with Crippen LogP contribution < -0.4 is 0 Å². The third-order valence-corrected chi connectivity index (χ3v) is 1.32. The molecule has 3 heteroatoms. The lowest BCUT2D eigenvalue weighted by molar-refractivity contribution is -0.138. The lowest BCUT2D eigenvalue weighted by atomic mass is 10.3. The van der Waals surface area contributed by atoms with Crippen molar-refractivity contribution in [2.45, 2.75) is 13.8 Å². The Kier molecular flexibility index (Phi) is 5.03. The minimum atomic E-state index is -0.319. The molecule has 10 heavy (non-hydrogen) atoms. The molecule has 0 bridgehead atoms. The van der Waals surface area contributed by atoms with Crippen molar-refractivity contribution in [3.05, 3.63) is 11.6 Å². The van der Waals surface area contributed by atoms with Crippen molar-refractivity contribution >= 4 is 17.6 Å². The Bertz CT molecular complexity index is 141. The maximum Gasteiger partial charge on any atom is 0.334 e. The zero-order valence-electron chi connectivity index (χ0n) is 6.19. The molecule has 0 aromatic carbocycles. The highest BCUT2D eigenvalue weighted by atomic mass is 35.5. The molecule has 0 fully saturated rings. The van der Waals surface area contributed by atoms with E-state index >= 15 is 0 Å². The van der Waals surface area contributed by atoms with Gasteiger partial charge in [0.05, 0.1) is 12.5 Å². The average molecular weight is 163 g/mol. The number of allylic oxidation sites excluding steroid dienone is 1. The molecule has 0 aliphatic heterocycles. The largest absolute Gasteiger partial charge is 0.463 e. The molecule has 0 N–H and O–H groups in total. The second kappa shape index (κ2) is 5.30. The van der Waals surface area contributed by atoms with E-state index in [0.29, 0.717) is 12.2 Å². The molecular weight excluding hydrogens is 152 g/mol. The summed E-state index contributed by atoms with van der Waals surface area (Å²) in [6.07, 6.45) is 1.66. The lowest BCUT2D eigenvalue weighted by Crippen LogP contribution is -2.08. The summed E-state index contributed by atoms with van der Waals surface area (Å²) >= 11 is 5.43. The number of alkyl halides is 1. The van der Waals surface area contributed by atoms with Crippen LogP contribution in [0.1, 0.15) is 13.8 Å². The van der Waals surface area contributed by atoms with Gasteiger partial charge in [0.2, 0.25) is 0 Å². The Morgan fingerprint density at radius 3 is 2.60 bits per heavy atom. The molecule has 0 aliphatic carbocycles. The molecule has 0 saturated heterocycles. The number of ether oxygens (including phenoxy) is 1. The first kappa shape index (κ1) is 9.50. The number of carbonyl (C=O) groups is 1. The Hall–Kier alpha value is -0.500. The molecule has 0 rings (SSSR count). The predicted molar refractivity (Wildman–Crippen MR) is 41.1 cm³/mol. The van der Waals surface area contributed by atoms with E-state index in [9.17, 15) is 4.79 Å². The molecule has 0 aromatic rings. The van der Waals surface area contributed by atoms with Crippen LogP contribution in [0.15, 0.2) is 11.6 Å². The van der Waals surface area contributed by atoms with E-state index in [-0.39, 0.29) is 11.8 Å². The van der Waals surface area contributed by atoms with Crippen molar-refractivity contribution in [2.75, 3.05) is 12.5 Å². The molecule has 58 valence electrons. The first-order chi connectivity index (χ1) is 4.76. The first-order valence-electron chi connectivity index (χ1n) is 3.14. The highest BCUT2D eigenvalue weighted by Crippen LogP contribution is 1.99. The van der Waals surface area contributed by atoms with Gasteiger partial charge < -0.3 is 4.74 Å². The van der Waals surface area contributed by atoms with Crippen LogP contribution in [0.5, 0.6) is 0 Å². The number of esters is 1. The Morgan fingerprint density at radius 2 is 2.30 bits per heavy atom. The summed E-state index contributed by atoms with van der Waals surface area (Å²) in [7, 11) is 0. The molecule has 0 saturated carbocycles. The summed E-state index contributed by atoms with van der Waals surface area (Å²) in [4.78, 5) is 10.8. The van der Waals surface area contributed by atoms with Crippen LogP contribution in [0.4, 0.5) is 0 Å². The van der Waals surface area contributed by atoms with Gasteiger partial charge in [-0.05, 0) is 13.8 Å². The number of halogens is 1. The van der Waals surface area contributed by atoms with Gasteiger partial charge in [0.25, 0.3) is 0 Å². The summed E-state index contributed by atoms with van der Waals surface area (Å²) in [5, 5.41) is 0. The molecule has 0 unspecified atom stereocenters. The van der Waals surface area contributed by atoms with Gasteiger partial charge in [0.1, 0.15) is 0 Å². The first-order valence-corrected chi connectivity index (χ1v) is 3.68. The fourth-order valence-corrected chi connectivity index (χ4v) is 0.737. The molecular formula is C7H11ClO2. The molecule has 0 spiro atoms. The van der Waals surface area contributed by atoms with Crippen molar-refractivity contribution in [3.63, 3.8) is 0 Å². The van der Waals surface area contributed by atoms with Gasteiger partial charge in [-0.15, -0.1) is 11.6 Å². The van der Waals surface area contributed by atoms with Gasteiger partial charge in [-0.3, -0.25) is 0 Å². The summed E-state index contributed by atoms with van der Waals surface area (Å²) in [6, 6.07) is 0. The van der Waals surface area contributed by atoms with Crippen LogP contribution in [0.2, 0.25) is 0 Å². The molecule has 0 atom stereocenters. The second-order valence-corrected chi connectivity index (χ2v) is 1.94. The molecule has 0 aliphatic rings. The number of hydrogen-bond donors (Lipinski definition) is 0. The molecule has 0 radical (unpaired) electrons. The van der Waals surface area contributed by atoms with E-state index < -0.39 is 0 Å². The van der Waals surface area contributed by atoms with Crippen LogP contribution in [-0.2, 0) is 9.53 Å². The number of carbonyl (C=O) groups excluding carboxylic acids is 1. The van der Waals surface area contributed by atoms with Gasteiger partial charge >= 0.3 is 5.97 Å². The number of hydrogen-bond acceptors (Lipinski definition) is 2. The molecule has 0 amide bonds. The monoisotopic (exact) mass is 162 g/mol. The molecule has 2 nitrogen and oxygen atoms in total. The summed E-state index contributed by atoms with van der Waals surface area (Å²) < 4.78 is 4.69. The standard InChI is InChI=1S/C7H11ClO2/c1-3-6(5-8)7(9)10-4-2/h3H,4-5H2,1-2H3. The van der Waals surface area contributed by atoms with Gasteiger partial charge in [0.15, 0.2) is 0 Å². The minimum absolute atomic E-state index is 0.218. The fourth-order valence-electron chi connectivity index (χ4n) is 0.473. The van der Waals surface area contributed by atoms with Crippen molar-refractivity contribution in [1.82, 2.24) is 0 Å². The van der Waals surface area contributed by atoms with Crippen LogP contribution >= 0.6 is 11.6 Å². The third-order valence-electron chi connectivity index (χ3n) is 1.03. The lowest BCUT2D eigenvalue weighted by Gasteiger charge is -2.00. The van der Waals surface area contributed by atoms with E-state index in [2.05, 4.69) is 0 Å². The van der Waals surface area contributed by atoms with Crippen molar-refractivity contribution in [2.24, 2.45) is 0 Å². The van der Waals surface area contributed by atoms with Gasteiger partial charge in [-0.25, -0.2) is 4.79 Å². The zero-order valence-corrected chi connectivity index (χ0v) is 6.94. The highest BCUT2D eigenvalue weighted by molar-refractivity contribution is 6.22. The van der Waals surface area contributed by atoms with E-state index in [4.69, 9.17) is 16.3 Å². The maximum absolute atomic E-state index is 10.8. The van der Waals surface area contributed by atoms with E-state index in [1.54, 1.807) is 19.9 Å². The molecule has 0 aromatic heterocycles. The smallest absolute Gasteiger partial charge is 0.334 e. The average Bonchev–Trinajstić information content (AvgIpc) is 1.91. The van der Waals surface area contributed by atoms with Crippen LogP contribution in [-0.4, -0.2) is 18.5 Å². The highest BCUT2D eigenvalue weighted by Gasteiger charge is 2.05. The quantitative estimate of drug-likeness (QED) is 0.359. The summed E-state index contributed by atoms with van der Waals surface area (Å²) in [6.45, 7) is 3.92. The summed E-state index contributed by atoms with van der Waals surface area (Å²) in [5.74, 6) is -0.102. The van der Waals surface area contributed by atoms with Gasteiger partial charge in [-0.2, -0.15) is 0 Å². The predicted octanol–water partition coefficient (Wildman–Crippen LogP) is 1.73. The van der Waals surface area contributed by atoms with Crippen LogP contribution in [0, 0.1) is 0 Å². The Balaban J connectivity index is 3.91. The third kappa shape index (κ3) is 2.87.